The third-order valence-electron chi connectivity index (χ3n) is 4.25. The number of nitrogens with zero attached hydrogens (tertiary/aromatic N) is 1. The molecule has 0 radical (unpaired) electrons. The Bertz CT molecular complexity index is 1250. The molecule has 0 saturated carbocycles. The fourth-order valence-corrected chi connectivity index (χ4v) is 5.30. The molecule has 0 N–H and O–H groups in total. The molecule has 1 aromatic heterocycles. The zero-order valence-electron chi connectivity index (χ0n) is 16.5. The van der Waals surface area contributed by atoms with Crippen LogP contribution in [0.4, 0.5) is 5.69 Å². The Kier molecular flexibility index (Phi) is 7.73. The van der Waals surface area contributed by atoms with Crippen LogP contribution in [-0.4, -0.2) is 33.3 Å². The van der Waals surface area contributed by atoms with Crippen molar-refractivity contribution in [1.82, 2.24) is 0 Å². The number of carbonyl (C=O) groups is 2. The normalized spacial score (nSPS) is 11.1. The van der Waals surface area contributed by atoms with E-state index in [1.165, 1.54) is 30.3 Å². The highest BCUT2D eigenvalue weighted by Crippen LogP contribution is 2.26. The van der Waals surface area contributed by atoms with Crippen LogP contribution in [0.1, 0.15) is 20.0 Å². The molecule has 0 unspecified atom stereocenters. The largest absolute Gasteiger partial charge is 0.454 e. The Labute approximate surface area is 199 Å². The molecule has 0 aliphatic heterocycles. The maximum absolute atomic E-state index is 13.3. The molecule has 1 heterocycles. The topological polar surface area (TPSA) is 80.8 Å². The standard InChI is InChI=1S/C22H17Cl2NO5S2/c1-2-12-25(17-8-6-16(23)7-9-17)32(28,29)18-5-3-4-15(13-18)22(27)30-14-19(26)20-10-11-21(24)31-20/h2-11,13H,1,12,14H2. The van der Waals surface area contributed by atoms with Crippen molar-refractivity contribution in [3.63, 3.8) is 0 Å². The molecule has 0 atom stereocenters. The SMILES string of the molecule is C=CCN(c1ccc(Cl)cc1)S(=O)(=O)c1cccc(C(=O)OCC(=O)c2ccc(Cl)s2)c1. The minimum absolute atomic E-state index is 0.00209. The van der Waals surface area contributed by atoms with Crippen molar-refractivity contribution in [1.29, 1.82) is 0 Å². The predicted molar refractivity (Wildman–Crippen MR) is 127 cm³/mol. The Morgan fingerprint density at radius 1 is 1.06 bits per heavy atom. The Morgan fingerprint density at radius 3 is 2.41 bits per heavy atom. The van der Waals surface area contributed by atoms with Crippen LogP contribution < -0.4 is 4.31 Å². The monoisotopic (exact) mass is 509 g/mol. The van der Waals surface area contributed by atoms with Crippen LogP contribution in [0.25, 0.3) is 0 Å². The van der Waals surface area contributed by atoms with E-state index in [1.807, 2.05) is 0 Å². The zero-order valence-corrected chi connectivity index (χ0v) is 19.7. The summed E-state index contributed by atoms with van der Waals surface area (Å²) >= 11 is 12.8. The number of halogens is 2. The quantitative estimate of drug-likeness (QED) is 0.217. The van der Waals surface area contributed by atoms with E-state index < -0.39 is 28.4 Å². The van der Waals surface area contributed by atoms with Crippen molar-refractivity contribution in [2.75, 3.05) is 17.5 Å². The van der Waals surface area contributed by atoms with Crippen molar-refractivity contribution < 1.29 is 22.7 Å². The van der Waals surface area contributed by atoms with Crippen molar-refractivity contribution in [3.05, 3.63) is 93.1 Å². The summed E-state index contributed by atoms with van der Waals surface area (Å²) in [5, 5.41) is 0.466. The van der Waals surface area contributed by atoms with E-state index >= 15 is 0 Å². The minimum Gasteiger partial charge on any atom is -0.454 e. The lowest BCUT2D eigenvalue weighted by atomic mass is 10.2. The molecule has 0 bridgehead atoms. The molecule has 3 rings (SSSR count). The van der Waals surface area contributed by atoms with Crippen LogP contribution in [0.2, 0.25) is 9.36 Å². The van der Waals surface area contributed by atoms with Crippen LogP contribution in [-0.2, 0) is 14.8 Å². The summed E-state index contributed by atoms with van der Waals surface area (Å²) in [5.74, 6) is -1.22. The number of carbonyl (C=O) groups excluding carboxylic acids is 2. The van der Waals surface area contributed by atoms with Crippen LogP contribution >= 0.6 is 34.5 Å². The number of hydrogen-bond donors (Lipinski definition) is 0. The van der Waals surface area contributed by atoms with Gasteiger partial charge in [0, 0.05) is 5.02 Å². The van der Waals surface area contributed by atoms with Gasteiger partial charge in [0.15, 0.2) is 6.61 Å². The van der Waals surface area contributed by atoms with E-state index in [2.05, 4.69) is 6.58 Å². The Hall–Kier alpha value is -2.65. The smallest absolute Gasteiger partial charge is 0.338 e. The molecule has 0 saturated heterocycles. The van der Waals surface area contributed by atoms with Crippen molar-refractivity contribution >= 4 is 62.0 Å². The van der Waals surface area contributed by atoms with E-state index in [9.17, 15) is 18.0 Å². The molecule has 0 aliphatic rings. The number of sulfonamides is 1. The van der Waals surface area contributed by atoms with Gasteiger partial charge in [0.1, 0.15) is 0 Å². The molecule has 166 valence electrons. The maximum Gasteiger partial charge on any atom is 0.338 e. The van der Waals surface area contributed by atoms with E-state index in [0.29, 0.717) is 19.9 Å². The fraction of sp³-hybridized carbons (Fsp3) is 0.0909. The number of anilines is 1. The number of ether oxygens (including phenoxy) is 1. The lowest BCUT2D eigenvalue weighted by Crippen LogP contribution is -2.31. The second-order valence-electron chi connectivity index (χ2n) is 6.43. The molecule has 6 nitrogen and oxygen atoms in total. The lowest BCUT2D eigenvalue weighted by molar-refractivity contribution is 0.0475. The number of benzene rings is 2. The fourth-order valence-electron chi connectivity index (χ4n) is 2.73. The number of hydrogen-bond acceptors (Lipinski definition) is 6. The first-order chi connectivity index (χ1) is 15.2. The average molecular weight is 510 g/mol. The van der Waals surface area contributed by atoms with Crippen molar-refractivity contribution in [2.45, 2.75) is 4.90 Å². The van der Waals surface area contributed by atoms with Gasteiger partial charge in [0.25, 0.3) is 10.0 Å². The zero-order chi connectivity index (χ0) is 23.3. The average Bonchev–Trinajstić information content (AvgIpc) is 3.22. The lowest BCUT2D eigenvalue weighted by Gasteiger charge is -2.23. The molecule has 32 heavy (non-hydrogen) atoms. The molecule has 0 amide bonds. The molecule has 3 aromatic rings. The summed E-state index contributed by atoms with van der Waals surface area (Å²) in [6.07, 6.45) is 1.45. The number of esters is 1. The first-order valence-electron chi connectivity index (χ1n) is 9.17. The molecule has 10 heteroatoms. The molecule has 2 aromatic carbocycles. The highest BCUT2D eigenvalue weighted by molar-refractivity contribution is 7.92. The summed E-state index contributed by atoms with van der Waals surface area (Å²) in [6, 6.07) is 14.8. The van der Waals surface area contributed by atoms with Gasteiger partial charge in [-0.2, -0.15) is 0 Å². The van der Waals surface area contributed by atoms with Gasteiger partial charge < -0.3 is 4.74 Å². The molecular formula is C22H17Cl2NO5S2. The number of thiophene rings is 1. The van der Waals surface area contributed by atoms with Crippen molar-refractivity contribution in [2.24, 2.45) is 0 Å². The maximum atomic E-state index is 13.3. The first kappa shape index (κ1) is 24.0. The summed E-state index contributed by atoms with van der Waals surface area (Å²) in [6.45, 7) is 3.14. The van der Waals surface area contributed by atoms with E-state index in [4.69, 9.17) is 27.9 Å². The van der Waals surface area contributed by atoms with E-state index in [0.717, 1.165) is 15.6 Å². The van der Waals surface area contributed by atoms with Gasteiger partial charge >= 0.3 is 5.97 Å². The van der Waals surface area contributed by atoms with Gasteiger partial charge in [-0.1, -0.05) is 35.3 Å². The molecular weight excluding hydrogens is 493 g/mol. The molecule has 0 aliphatic carbocycles. The van der Waals surface area contributed by atoms with Gasteiger partial charge in [0.05, 0.1) is 31.9 Å². The summed E-state index contributed by atoms with van der Waals surface area (Å²) in [7, 11) is -4.03. The molecule has 0 spiro atoms. The van der Waals surface area contributed by atoms with Crippen LogP contribution in [0.5, 0.6) is 0 Å². The predicted octanol–water partition coefficient (Wildman–Crippen LogP) is 5.48. The van der Waals surface area contributed by atoms with Gasteiger partial charge in [-0.3, -0.25) is 9.10 Å². The second kappa shape index (κ2) is 10.3. The number of ketones is 1. The van der Waals surface area contributed by atoms with E-state index in [-0.39, 0.29) is 17.0 Å². The summed E-state index contributed by atoms with van der Waals surface area (Å²) < 4.78 is 33.2. The third kappa shape index (κ3) is 5.58. The highest BCUT2D eigenvalue weighted by Gasteiger charge is 2.25. The van der Waals surface area contributed by atoms with Gasteiger partial charge in [0.2, 0.25) is 5.78 Å². The van der Waals surface area contributed by atoms with Gasteiger partial charge in [-0.15, -0.1) is 17.9 Å². The third-order valence-corrected chi connectivity index (χ3v) is 7.56. The minimum atomic E-state index is -4.03. The Morgan fingerprint density at radius 2 is 1.78 bits per heavy atom. The van der Waals surface area contributed by atoms with Gasteiger partial charge in [-0.25, -0.2) is 13.2 Å². The van der Waals surface area contributed by atoms with Gasteiger partial charge in [-0.05, 0) is 54.6 Å². The number of Topliss-reactive ketones (excluding diaryl/α,β-unsaturated/α-hetero) is 1. The Balaban J connectivity index is 1.81. The van der Waals surface area contributed by atoms with Crippen LogP contribution in [0.15, 0.2) is 78.2 Å². The first-order valence-corrected chi connectivity index (χ1v) is 12.2. The summed E-state index contributed by atoms with van der Waals surface area (Å²) in [4.78, 5) is 24.8. The van der Waals surface area contributed by atoms with Crippen molar-refractivity contribution in [3.8, 4) is 0 Å². The second-order valence-corrected chi connectivity index (χ2v) is 10.4. The summed E-state index contributed by atoms with van der Waals surface area (Å²) in [5.41, 5.74) is 0.389. The van der Waals surface area contributed by atoms with Crippen LogP contribution in [0.3, 0.4) is 0 Å². The van der Waals surface area contributed by atoms with Crippen LogP contribution in [0, 0.1) is 0 Å². The number of rotatable bonds is 9. The molecule has 0 fully saturated rings. The van der Waals surface area contributed by atoms with E-state index in [1.54, 1.807) is 36.4 Å². The highest BCUT2D eigenvalue weighted by atomic mass is 35.5.